The summed E-state index contributed by atoms with van der Waals surface area (Å²) in [6, 6.07) is 14.0. The maximum Gasteiger partial charge on any atom is 0.338 e. The molecule has 4 rings (SSSR count). The molecule has 10 heteroatoms. The van der Waals surface area contributed by atoms with Crippen LogP contribution in [0.4, 0.5) is 5.69 Å². The molecule has 1 N–H and O–H groups in total. The summed E-state index contributed by atoms with van der Waals surface area (Å²) in [5, 5.41) is 4.99. The molecule has 1 fully saturated rings. The number of methoxy groups -OCH3 is 1. The van der Waals surface area contributed by atoms with Gasteiger partial charge in [0.15, 0.2) is 10.2 Å². The Morgan fingerprint density at radius 1 is 1.21 bits per heavy atom. The summed E-state index contributed by atoms with van der Waals surface area (Å²) < 4.78 is 11.5. The van der Waals surface area contributed by atoms with Crippen LogP contribution in [0.2, 0.25) is 0 Å². The highest BCUT2D eigenvalue weighted by atomic mass is 79.9. The second-order valence-electron chi connectivity index (χ2n) is 7.10. The molecule has 8 nitrogen and oxygen atoms in total. The third kappa shape index (κ3) is 4.67. The van der Waals surface area contributed by atoms with E-state index in [1.807, 2.05) is 36.4 Å². The number of fused-ring (bicyclic) bond motifs is 1. The van der Waals surface area contributed by atoms with E-state index in [0.29, 0.717) is 22.2 Å². The van der Waals surface area contributed by atoms with Crippen molar-refractivity contribution in [3.8, 4) is 5.75 Å². The van der Waals surface area contributed by atoms with Crippen LogP contribution in [0.3, 0.4) is 0 Å². The number of esters is 1. The zero-order valence-corrected chi connectivity index (χ0v) is 20.6. The molecule has 0 unspecified atom stereocenters. The van der Waals surface area contributed by atoms with Crippen LogP contribution in [-0.4, -0.2) is 40.7 Å². The number of nitrogens with zero attached hydrogens (tertiary/aromatic N) is 3. The van der Waals surface area contributed by atoms with Crippen LogP contribution in [0.15, 0.2) is 74.4 Å². The van der Waals surface area contributed by atoms with E-state index in [-0.39, 0.29) is 17.6 Å². The van der Waals surface area contributed by atoms with Crippen molar-refractivity contribution in [3.05, 3.63) is 69.8 Å². The van der Waals surface area contributed by atoms with Gasteiger partial charge < -0.3 is 9.47 Å². The van der Waals surface area contributed by atoms with Crippen molar-refractivity contribution in [2.75, 3.05) is 19.1 Å². The van der Waals surface area contributed by atoms with Crippen LogP contribution in [0.25, 0.3) is 0 Å². The summed E-state index contributed by atoms with van der Waals surface area (Å²) in [7, 11) is 1.58. The fourth-order valence-corrected chi connectivity index (χ4v) is 4.67. The van der Waals surface area contributed by atoms with Crippen LogP contribution in [-0.2, 0) is 14.3 Å². The van der Waals surface area contributed by atoms with Crippen molar-refractivity contribution in [2.45, 2.75) is 19.9 Å². The van der Waals surface area contributed by atoms with Gasteiger partial charge in [0.05, 0.1) is 36.7 Å². The van der Waals surface area contributed by atoms with Gasteiger partial charge >= 0.3 is 5.97 Å². The van der Waals surface area contributed by atoms with Gasteiger partial charge in [0, 0.05) is 4.47 Å². The second kappa shape index (κ2) is 9.80. The Labute approximate surface area is 203 Å². The standard InChI is InChI=1S/C23H21BrN4O4S/c1-4-32-22(30)18-13(2)25-23-28(19(18)14-5-11-17(31-3)12-6-14)21(29)20(33-23)27-26-16-9-7-15(24)8-10-16/h5-12,19,26H,4H2,1-3H3/t19-/m0/s1. The SMILES string of the molecule is CCOC(=O)C1=C(C)N=C2SC(=NNc3ccc(Br)cc3)C(=O)N2[C@H]1c1ccc(OC)cc1. The highest BCUT2D eigenvalue weighted by Gasteiger charge is 2.46. The quantitative estimate of drug-likeness (QED) is 0.431. The number of aliphatic imine (C=N–C) groups is 1. The van der Waals surface area contributed by atoms with Crippen molar-refractivity contribution >= 4 is 55.5 Å². The lowest BCUT2D eigenvalue weighted by atomic mass is 9.94. The predicted octanol–water partition coefficient (Wildman–Crippen LogP) is 4.71. The Bertz CT molecular complexity index is 1180. The predicted molar refractivity (Wildman–Crippen MR) is 132 cm³/mol. The number of benzene rings is 2. The van der Waals surface area contributed by atoms with E-state index in [1.165, 1.54) is 4.90 Å². The normalized spacial score (nSPS) is 18.8. The van der Waals surface area contributed by atoms with Crippen molar-refractivity contribution in [1.29, 1.82) is 0 Å². The maximum absolute atomic E-state index is 13.4. The first-order valence-corrected chi connectivity index (χ1v) is 11.7. The van der Waals surface area contributed by atoms with Gasteiger partial charge in [-0.15, -0.1) is 0 Å². The number of amidine groups is 1. The molecule has 2 aromatic rings. The average Bonchev–Trinajstić information content (AvgIpc) is 3.12. The van der Waals surface area contributed by atoms with Crippen molar-refractivity contribution in [1.82, 2.24) is 4.90 Å². The number of anilines is 1. The fourth-order valence-electron chi connectivity index (χ4n) is 3.48. The Balaban J connectivity index is 1.71. The Morgan fingerprint density at radius 3 is 2.55 bits per heavy atom. The number of amides is 1. The van der Waals surface area contributed by atoms with Crippen molar-refractivity contribution in [2.24, 2.45) is 10.1 Å². The lowest BCUT2D eigenvalue weighted by Crippen LogP contribution is -2.40. The molecule has 0 radical (unpaired) electrons. The first-order chi connectivity index (χ1) is 15.9. The average molecular weight is 529 g/mol. The lowest BCUT2D eigenvalue weighted by molar-refractivity contribution is -0.139. The molecule has 33 heavy (non-hydrogen) atoms. The Hall–Kier alpha value is -3.11. The lowest BCUT2D eigenvalue weighted by Gasteiger charge is -2.32. The summed E-state index contributed by atoms with van der Waals surface area (Å²) in [5.74, 6) is -0.182. The zero-order chi connectivity index (χ0) is 23.5. The van der Waals surface area contributed by atoms with E-state index in [2.05, 4.69) is 31.4 Å². The maximum atomic E-state index is 13.4. The van der Waals surface area contributed by atoms with E-state index in [4.69, 9.17) is 9.47 Å². The monoisotopic (exact) mass is 528 g/mol. The number of rotatable bonds is 6. The number of hydrazone groups is 1. The number of carbonyl (C=O) groups excluding carboxylic acids is 2. The van der Waals surface area contributed by atoms with Crippen LogP contribution >= 0.6 is 27.7 Å². The molecule has 0 spiro atoms. The number of allylic oxidation sites excluding steroid dienone is 1. The van der Waals surface area contributed by atoms with E-state index in [0.717, 1.165) is 27.5 Å². The molecule has 2 aliphatic heterocycles. The molecule has 0 aliphatic carbocycles. The number of thioether (sulfide) groups is 1. The molecule has 2 aliphatic rings. The number of hydrogen-bond acceptors (Lipinski definition) is 8. The third-order valence-electron chi connectivity index (χ3n) is 5.04. The minimum absolute atomic E-state index is 0.216. The molecule has 2 aromatic carbocycles. The van der Waals surface area contributed by atoms with Crippen LogP contribution in [0.5, 0.6) is 5.75 Å². The van der Waals surface area contributed by atoms with Gasteiger partial charge in [0.1, 0.15) is 5.75 Å². The molecule has 1 amide bonds. The number of carbonyl (C=O) groups is 2. The molecule has 0 saturated carbocycles. The van der Waals surface area contributed by atoms with Crippen LogP contribution in [0, 0.1) is 0 Å². The number of hydrogen-bond donors (Lipinski definition) is 1. The minimum atomic E-state index is -0.692. The molecular formula is C23H21BrN4O4S. The summed E-state index contributed by atoms with van der Waals surface area (Å²) in [4.78, 5) is 32.3. The topological polar surface area (TPSA) is 92.6 Å². The third-order valence-corrected chi connectivity index (χ3v) is 6.50. The van der Waals surface area contributed by atoms with Gasteiger partial charge in [-0.3, -0.25) is 15.1 Å². The first-order valence-electron chi connectivity index (χ1n) is 10.1. The van der Waals surface area contributed by atoms with Crippen LogP contribution in [0.1, 0.15) is 25.5 Å². The molecular weight excluding hydrogens is 508 g/mol. The highest BCUT2D eigenvalue weighted by Crippen LogP contribution is 2.42. The van der Waals surface area contributed by atoms with Gasteiger partial charge in [-0.25, -0.2) is 9.79 Å². The zero-order valence-electron chi connectivity index (χ0n) is 18.2. The molecule has 1 atom stereocenters. The smallest absolute Gasteiger partial charge is 0.338 e. The second-order valence-corrected chi connectivity index (χ2v) is 8.97. The van der Waals surface area contributed by atoms with E-state index in [9.17, 15) is 9.59 Å². The molecule has 1 saturated heterocycles. The van der Waals surface area contributed by atoms with E-state index < -0.39 is 12.0 Å². The van der Waals surface area contributed by atoms with Gasteiger partial charge in [-0.05, 0) is 67.6 Å². The Kier molecular flexibility index (Phi) is 6.85. The largest absolute Gasteiger partial charge is 0.497 e. The molecule has 2 heterocycles. The summed E-state index contributed by atoms with van der Waals surface area (Å²) in [6.07, 6.45) is 0. The van der Waals surface area contributed by atoms with E-state index >= 15 is 0 Å². The molecule has 0 aromatic heterocycles. The highest BCUT2D eigenvalue weighted by molar-refractivity contribution is 9.10. The van der Waals surface area contributed by atoms with Gasteiger partial charge in [0.2, 0.25) is 0 Å². The summed E-state index contributed by atoms with van der Waals surface area (Å²) >= 11 is 4.55. The number of halogens is 1. The van der Waals surface area contributed by atoms with Crippen molar-refractivity contribution in [3.63, 3.8) is 0 Å². The minimum Gasteiger partial charge on any atom is -0.497 e. The van der Waals surface area contributed by atoms with Crippen LogP contribution < -0.4 is 10.2 Å². The summed E-state index contributed by atoms with van der Waals surface area (Å²) in [5.41, 5.74) is 5.21. The molecule has 170 valence electrons. The summed E-state index contributed by atoms with van der Waals surface area (Å²) in [6.45, 7) is 3.70. The Morgan fingerprint density at radius 2 is 1.91 bits per heavy atom. The van der Waals surface area contributed by atoms with Gasteiger partial charge in [0.25, 0.3) is 5.91 Å². The molecule has 0 bridgehead atoms. The number of ether oxygens (including phenoxy) is 2. The number of nitrogens with one attached hydrogen (secondary N) is 1. The fraction of sp³-hybridized carbons (Fsp3) is 0.217. The van der Waals surface area contributed by atoms with Gasteiger partial charge in [-0.1, -0.05) is 28.1 Å². The van der Waals surface area contributed by atoms with E-state index in [1.54, 1.807) is 33.1 Å². The van der Waals surface area contributed by atoms with Crippen molar-refractivity contribution < 1.29 is 19.1 Å². The van der Waals surface area contributed by atoms with Gasteiger partial charge in [-0.2, -0.15) is 5.10 Å². The first kappa shape index (κ1) is 23.1.